The molecule has 25 heavy (non-hydrogen) atoms. The summed E-state index contributed by atoms with van der Waals surface area (Å²) in [4.78, 5) is 47.5. The molecule has 0 unspecified atom stereocenters. The highest BCUT2D eigenvalue weighted by atomic mass is 16.6. The molecule has 1 atom stereocenters. The van der Waals surface area contributed by atoms with Gasteiger partial charge in [-0.05, 0) is 12.5 Å². The number of hydrogen-bond donors (Lipinski definition) is 1. The molecule has 1 amide bonds. The monoisotopic (exact) mass is 344 g/mol. The second-order valence-electron chi connectivity index (χ2n) is 6.08. The molecular formula is C16H16N4O5. The highest BCUT2D eigenvalue weighted by Crippen LogP contribution is 2.35. The number of nitrogens with one attached hydrogen (secondary N) is 1. The number of nitro groups is 1. The molecule has 9 heteroatoms. The van der Waals surface area contributed by atoms with Crippen molar-refractivity contribution in [3.05, 3.63) is 65.8 Å². The molecule has 0 saturated heterocycles. The minimum atomic E-state index is -0.659. The highest BCUT2D eigenvalue weighted by molar-refractivity contribution is 5.94. The fourth-order valence-electron chi connectivity index (χ4n) is 3.13. The van der Waals surface area contributed by atoms with Gasteiger partial charge in [0.25, 0.3) is 11.2 Å². The average Bonchev–Trinajstić information content (AvgIpc) is 2.57. The fourth-order valence-corrected chi connectivity index (χ4v) is 3.13. The van der Waals surface area contributed by atoms with E-state index in [-0.39, 0.29) is 29.4 Å². The quantitative estimate of drug-likeness (QED) is 0.638. The standard InChI is InChI=1S/C16H16N4O5/c1-8-4-5-9(6-11(8)20(24)25)10-7-12(21)17-14-13(10)15(22)19(3)16(23)18(14)2/h4-6,10H,7H2,1-3H3,(H,17,21)/t10-/m1/s1. The molecule has 1 aliphatic heterocycles. The number of nitrogens with zero attached hydrogens (tertiary/aromatic N) is 3. The number of anilines is 1. The van der Waals surface area contributed by atoms with E-state index in [4.69, 9.17) is 0 Å². The summed E-state index contributed by atoms with van der Waals surface area (Å²) in [6, 6.07) is 4.64. The van der Waals surface area contributed by atoms with Crippen molar-refractivity contribution in [1.29, 1.82) is 0 Å². The molecule has 1 N–H and O–H groups in total. The Kier molecular flexibility index (Phi) is 3.78. The summed E-state index contributed by atoms with van der Waals surface area (Å²) < 4.78 is 2.16. The first-order chi connectivity index (χ1) is 11.7. The molecule has 9 nitrogen and oxygen atoms in total. The zero-order chi connectivity index (χ0) is 18.5. The van der Waals surface area contributed by atoms with Gasteiger partial charge in [0, 0.05) is 38.1 Å². The number of carbonyl (C=O) groups is 1. The normalized spacial score (nSPS) is 16.3. The van der Waals surface area contributed by atoms with Gasteiger partial charge < -0.3 is 5.32 Å². The van der Waals surface area contributed by atoms with Crippen LogP contribution in [0.3, 0.4) is 0 Å². The molecule has 1 aromatic carbocycles. The van der Waals surface area contributed by atoms with E-state index in [0.717, 1.165) is 4.57 Å². The first-order valence-electron chi connectivity index (χ1n) is 7.57. The Morgan fingerprint density at radius 3 is 2.52 bits per heavy atom. The van der Waals surface area contributed by atoms with Gasteiger partial charge in [-0.1, -0.05) is 12.1 Å². The topological polar surface area (TPSA) is 116 Å². The van der Waals surface area contributed by atoms with Crippen LogP contribution in [0.4, 0.5) is 11.5 Å². The second-order valence-corrected chi connectivity index (χ2v) is 6.08. The van der Waals surface area contributed by atoms with Crippen molar-refractivity contribution in [2.45, 2.75) is 19.3 Å². The minimum absolute atomic E-state index is 0.0271. The van der Waals surface area contributed by atoms with Crippen LogP contribution in [0.1, 0.15) is 29.0 Å². The first kappa shape index (κ1) is 16.6. The van der Waals surface area contributed by atoms with Crippen molar-refractivity contribution >= 4 is 17.4 Å². The van der Waals surface area contributed by atoms with E-state index in [1.54, 1.807) is 19.1 Å². The van der Waals surface area contributed by atoms with Crippen LogP contribution in [-0.4, -0.2) is 20.0 Å². The van der Waals surface area contributed by atoms with Crippen LogP contribution >= 0.6 is 0 Å². The Bertz CT molecular complexity index is 1030. The Hall–Kier alpha value is -3.23. The van der Waals surface area contributed by atoms with Crippen LogP contribution in [0.15, 0.2) is 27.8 Å². The third-order valence-corrected chi connectivity index (χ3v) is 4.53. The number of hydrogen-bond acceptors (Lipinski definition) is 5. The fraction of sp³-hybridized carbons (Fsp3) is 0.312. The van der Waals surface area contributed by atoms with E-state index in [1.807, 2.05) is 0 Å². The van der Waals surface area contributed by atoms with Crippen LogP contribution in [0.25, 0.3) is 0 Å². The smallest absolute Gasteiger partial charge is 0.312 e. The lowest BCUT2D eigenvalue weighted by Crippen LogP contribution is -2.44. The molecule has 1 aliphatic rings. The maximum absolute atomic E-state index is 12.6. The van der Waals surface area contributed by atoms with E-state index in [9.17, 15) is 24.5 Å². The highest BCUT2D eigenvalue weighted by Gasteiger charge is 2.33. The van der Waals surface area contributed by atoms with Crippen molar-refractivity contribution in [1.82, 2.24) is 9.13 Å². The molecule has 0 bridgehead atoms. The average molecular weight is 344 g/mol. The van der Waals surface area contributed by atoms with Crippen molar-refractivity contribution < 1.29 is 9.72 Å². The Morgan fingerprint density at radius 2 is 1.88 bits per heavy atom. The van der Waals surface area contributed by atoms with E-state index in [1.165, 1.54) is 24.7 Å². The van der Waals surface area contributed by atoms with Gasteiger partial charge in [0.1, 0.15) is 5.82 Å². The lowest BCUT2D eigenvalue weighted by molar-refractivity contribution is -0.385. The number of aryl methyl sites for hydroxylation is 1. The van der Waals surface area contributed by atoms with Gasteiger partial charge in [-0.3, -0.25) is 28.8 Å². The Labute approximate surface area is 141 Å². The zero-order valence-corrected chi connectivity index (χ0v) is 13.9. The number of benzene rings is 1. The van der Waals surface area contributed by atoms with Crippen molar-refractivity contribution in [3.8, 4) is 0 Å². The summed E-state index contributed by atoms with van der Waals surface area (Å²) in [5.41, 5.74) is 0.0756. The maximum atomic E-state index is 12.6. The van der Waals surface area contributed by atoms with Crippen LogP contribution in [0.2, 0.25) is 0 Å². The summed E-state index contributed by atoms with van der Waals surface area (Å²) in [6.45, 7) is 1.62. The number of aromatic nitrogens is 2. The SMILES string of the molecule is Cc1ccc([C@H]2CC(=O)Nc3c2c(=O)n(C)c(=O)n3C)cc1[N+](=O)[O-]. The van der Waals surface area contributed by atoms with E-state index >= 15 is 0 Å². The van der Waals surface area contributed by atoms with Gasteiger partial charge in [-0.15, -0.1) is 0 Å². The summed E-state index contributed by atoms with van der Waals surface area (Å²) >= 11 is 0. The third kappa shape index (κ3) is 2.53. The lowest BCUT2D eigenvalue weighted by atomic mass is 9.86. The molecule has 0 spiro atoms. The zero-order valence-electron chi connectivity index (χ0n) is 13.9. The van der Waals surface area contributed by atoms with Crippen molar-refractivity contribution in [2.75, 3.05) is 5.32 Å². The predicted octanol–water partition coefficient (Wildman–Crippen LogP) is 0.775. The van der Waals surface area contributed by atoms with Gasteiger partial charge >= 0.3 is 5.69 Å². The third-order valence-electron chi connectivity index (χ3n) is 4.53. The summed E-state index contributed by atoms with van der Waals surface area (Å²) in [6.07, 6.45) is -0.0271. The number of fused-ring (bicyclic) bond motifs is 1. The number of rotatable bonds is 2. The largest absolute Gasteiger partial charge is 0.332 e. The number of amides is 1. The second kappa shape index (κ2) is 5.69. The molecule has 130 valence electrons. The first-order valence-corrected chi connectivity index (χ1v) is 7.57. The lowest BCUT2D eigenvalue weighted by Gasteiger charge is -2.27. The van der Waals surface area contributed by atoms with Crippen LogP contribution in [-0.2, 0) is 18.9 Å². The minimum Gasteiger partial charge on any atom is -0.312 e. The molecule has 0 fully saturated rings. The summed E-state index contributed by atoms with van der Waals surface area (Å²) in [5, 5.41) is 13.8. The van der Waals surface area contributed by atoms with E-state index < -0.39 is 22.1 Å². The molecule has 1 aromatic heterocycles. The van der Waals surface area contributed by atoms with Crippen LogP contribution in [0.5, 0.6) is 0 Å². The maximum Gasteiger partial charge on any atom is 0.332 e. The van der Waals surface area contributed by atoms with E-state index in [0.29, 0.717) is 11.1 Å². The predicted molar refractivity (Wildman–Crippen MR) is 89.8 cm³/mol. The van der Waals surface area contributed by atoms with Crippen molar-refractivity contribution in [3.63, 3.8) is 0 Å². The number of nitro benzene ring substituents is 1. The number of carbonyl (C=O) groups excluding carboxylic acids is 1. The molecule has 3 rings (SSSR count). The molecule has 2 aromatic rings. The van der Waals surface area contributed by atoms with Gasteiger partial charge in [0.2, 0.25) is 5.91 Å². The van der Waals surface area contributed by atoms with Gasteiger partial charge in [0.05, 0.1) is 10.5 Å². The van der Waals surface area contributed by atoms with Crippen LogP contribution in [0, 0.1) is 17.0 Å². The molecular weight excluding hydrogens is 328 g/mol. The molecule has 0 radical (unpaired) electrons. The van der Waals surface area contributed by atoms with Crippen molar-refractivity contribution in [2.24, 2.45) is 14.1 Å². The summed E-state index contributed by atoms with van der Waals surface area (Å²) in [5.74, 6) is -0.880. The Balaban J connectivity index is 2.30. The molecule has 0 saturated carbocycles. The molecule has 0 aliphatic carbocycles. The van der Waals surface area contributed by atoms with E-state index in [2.05, 4.69) is 5.32 Å². The summed E-state index contributed by atoms with van der Waals surface area (Å²) in [7, 11) is 2.82. The van der Waals surface area contributed by atoms with Gasteiger partial charge in [0.15, 0.2) is 0 Å². The van der Waals surface area contributed by atoms with Crippen LogP contribution < -0.4 is 16.6 Å². The van der Waals surface area contributed by atoms with Gasteiger partial charge in [-0.25, -0.2) is 4.79 Å². The van der Waals surface area contributed by atoms with Gasteiger partial charge in [-0.2, -0.15) is 0 Å². The Morgan fingerprint density at radius 1 is 1.20 bits per heavy atom. The molecule has 2 heterocycles.